The number of aromatic nitrogens is 3. The highest BCUT2D eigenvalue weighted by Crippen LogP contribution is 2.32. The second kappa shape index (κ2) is 9.25. The van der Waals surface area contributed by atoms with Crippen LogP contribution in [0.5, 0.6) is 11.5 Å². The Labute approximate surface area is 203 Å². The highest BCUT2D eigenvalue weighted by Gasteiger charge is 2.32. The Morgan fingerprint density at radius 1 is 1.03 bits per heavy atom. The molecule has 3 aromatic rings. The van der Waals surface area contributed by atoms with Gasteiger partial charge in [-0.15, -0.1) is 0 Å². The standard InChI is InChI=1S/C26H27N5O4/c1-17-16-29(12-13-30(17)25(32)18-6-4-5-7-18)26(33)20-15-24-27-11-10-21(31(24)28-20)19-8-9-22(34-2)23(14-19)35-3/h4,6-11,14-15,17H,5,12-13,16H2,1-3H3/t17-/m0/s1. The van der Waals surface area contributed by atoms with Crippen LogP contribution in [0.4, 0.5) is 0 Å². The largest absolute Gasteiger partial charge is 0.493 e. The summed E-state index contributed by atoms with van der Waals surface area (Å²) in [6.07, 6.45) is 8.26. The van der Waals surface area contributed by atoms with Gasteiger partial charge < -0.3 is 19.3 Å². The average molecular weight is 474 g/mol. The predicted molar refractivity (Wildman–Crippen MR) is 130 cm³/mol. The number of carbonyl (C=O) groups is 2. The molecule has 1 aromatic carbocycles. The molecule has 0 spiro atoms. The zero-order chi connectivity index (χ0) is 24.5. The first-order chi connectivity index (χ1) is 17.0. The van der Waals surface area contributed by atoms with Crippen LogP contribution in [0.15, 0.2) is 60.3 Å². The second-order valence-electron chi connectivity index (χ2n) is 8.60. The minimum Gasteiger partial charge on any atom is -0.493 e. The molecule has 2 aliphatic rings. The SMILES string of the molecule is COc1ccc(-c2ccnc3cc(C(=O)N4CCN(C(=O)C5=CCC=C5)[C@@H](C)C4)nn23)cc1OC. The van der Waals surface area contributed by atoms with Gasteiger partial charge in [-0.3, -0.25) is 9.59 Å². The Morgan fingerprint density at radius 2 is 1.86 bits per heavy atom. The van der Waals surface area contributed by atoms with E-state index in [4.69, 9.17) is 9.47 Å². The molecule has 0 saturated carbocycles. The number of fused-ring (bicyclic) bond motifs is 1. The average Bonchev–Trinajstić information content (AvgIpc) is 3.57. The van der Waals surface area contributed by atoms with Crippen molar-refractivity contribution >= 4 is 17.5 Å². The van der Waals surface area contributed by atoms with Crippen LogP contribution < -0.4 is 9.47 Å². The first kappa shape index (κ1) is 22.6. The van der Waals surface area contributed by atoms with Crippen LogP contribution in [-0.4, -0.2) is 76.1 Å². The maximum Gasteiger partial charge on any atom is 0.274 e. The first-order valence-electron chi connectivity index (χ1n) is 11.5. The summed E-state index contributed by atoms with van der Waals surface area (Å²) in [6.45, 7) is 3.36. The molecular weight excluding hydrogens is 446 g/mol. The summed E-state index contributed by atoms with van der Waals surface area (Å²) in [5.41, 5.74) is 3.25. The van der Waals surface area contributed by atoms with Crippen molar-refractivity contribution < 1.29 is 19.1 Å². The zero-order valence-electron chi connectivity index (χ0n) is 20.0. The summed E-state index contributed by atoms with van der Waals surface area (Å²) in [4.78, 5) is 34.1. The molecule has 3 heterocycles. The molecule has 1 saturated heterocycles. The number of piperazine rings is 1. The molecular formula is C26H27N5O4. The van der Waals surface area contributed by atoms with E-state index in [-0.39, 0.29) is 17.9 Å². The molecule has 35 heavy (non-hydrogen) atoms. The van der Waals surface area contributed by atoms with Gasteiger partial charge in [-0.2, -0.15) is 5.10 Å². The number of hydrogen-bond donors (Lipinski definition) is 0. The minimum atomic E-state index is -0.173. The molecule has 1 aliphatic heterocycles. The lowest BCUT2D eigenvalue weighted by molar-refractivity contribution is -0.130. The lowest BCUT2D eigenvalue weighted by atomic mass is 10.1. The Kier molecular flexibility index (Phi) is 5.98. The van der Waals surface area contributed by atoms with Gasteiger partial charge in [0.2, 0.25) is 0 Å². The van der Waals surface area contributed by atoms with E-state index in [0.717, 1.165) is 23.3 Å². The fraction of sp³-hybridized carbons (Fsp3) is 0.308. The Balaban J connectivity index is 1.38. The van der Waals surface area contributed by atoms with Crippen molar-refractivity contribution in [2.45, 2.75) is 19.4 Å². The number of carbonyl (C=O) groups excluding carboxylic acids is 2. The lowest BCUT2D eigenvalue weighted by Crippen LogP contribution is -2.55. The molecule has 0 unspecified atom stereocenters. The third kappa shape index (κ3) is 4.14. The number of allylic oxidation sites excluding steroid dienone is 2. The van der Waals surface area contributed by atoms with Gasteiger partial charge in [0.25, 0.3) is 11.8 Å². The van der Waals surface area contributed by atoms with Crippen LogP contribution in [0.25, 0.3) is 16.9 Å². The summed E-state index contributed by atoms with van der Waals surface area (Å²) >= 11 is 0. The molecule has 9 heteroatoms. The summed E-state index contributed by atoms with van der Waals surface area (Å²) < 4.78 is 12.4. The van der Waals surface area contributed by atoms with E-state index in [0.29, 0.717) is 42.5 Å². The van der Waals surface area contributed by atoms with E-state index >= 15 is 0 Å². The number of hydrogen-bond acceptors (Lipinski definition) is 6. The van der Waals surface area contributed by atoms with E-state index in [9.17, 15) is 9.59 Å². The van der Waals surface area contributed by atoms with Crippen molar-refractivity contribution in [3.63, 3.8) is 0 Å². The number of rotatable bonds is 5. The van der Waals surface area contributed by atoms with Gasteiger partial charge in [-0.1, -0.05) is 18.2 Å². The maximum atomic E-state index is 13.3. The number of methoxy groups -OCH3 is 2. The molecule has 1 aliphatic carbocycles. The Hall–Kier alpha value is -4.14. The quantitative estimate of drug-likeness (QED) is 0.566. The smallest absolute Gasteiger partial charge is 0.274 e. The van der Waals surface area contributed by atoms with Crippen molar-refractivity contribution in [1.82, 2.24) is 24.4 Å². The number of nitrogens with zero attached hydrogens (tertiary/aromatic N) is 5. The topological polar surface area (TPSA) is 89.3 Å². The highest BCUT2D eigenvalue weighted by atomic mass is 16.5. The molecule has 1 fully saturated rings. The van der Waals surface area contributed by atoms with Crippen molar-refractivity contribution in [3.05, 3.63) is 66.0 Å². The van der Waals surface area contributed by atoms with Crippen LogP contribution in [0, 0.1) is 0 Å². The summed E-state index contributed by atoms with van der Waals surface area (Å²) in [7, 11) is 3.18. The van der Waals surface area contributed by atoms with E-state index in [1.807, 2.05) is 54.3 Å². The first-order valence-corrected chi connectivity index (χ1v) is 11.5. The van der Waals surface area contributed by atoms with Gasteiger partial charge in [0.05, 0.1) is 19.9 Å². The molecule has 2 aromatic heterocycles. The van der Waals surface area contributed by atoms with Gasteiger partial charge in [0.15, 0.2) is 22.8 Å². The van der Waals surface area contributed by atoms with Crippen LogP contribution in [0.3, 0.4) is 0 Å². The summed E-state index contributed by atoms with van der Waals surface area (Å²) in [6, 6.07) is 9.05. The Morgan fingerprint density at radius 3 is 2.57 bits per heavy atom. The van der Waals surface area contributed by atoms with Gasteiger partial charge >= 0.3 is 0 Å². The summed E-state index contributed by atoms with van der Waals surface area (Å²) in [5.74, 6) is 1.08. The van der Waals surface area contributed by atoms with E-state index in [2.05, 4.69) is 10.1 Å². The van der Waals surface area contributed by atoms with E-state index < -0.39 is 0 Å². The molecule has 180 valence electrons. The number of benzene rings is 1. The maximum absolute atomic E-state index is 13.3. The van der Waals surface area contributed by atoms with Crippen molar-refractivity contribution in [3.8, 4) is 22.8 Å². The van der Waals surface area contributed by atoms with Crippen LogP contribution in [0.2, 0.25) is 0 Å². The van der Waals surface area contributed by atoms with Crippen molar-refractivity contribution in [2.75, 3.05) is 33.9 Å². The number of amides is 2. The van der Waals surface area contributed by atoms with Gasteiger partial charge in [0.1, 0.15) is 0 Å². The van der Waals surface area contributed by atoms with Gasteiger partial charge in [-0.05, 0) is 37.6 Å². The monoisotopic (exact) mass is 473 g/mol. The van der Waals surface area contributed by atoms with Crippen LogP contribution in [-0.2, 0) is 4.79 Å². The third-order valence-corrected chi connectivity index (χ3v) is 6.45. The minimum absolute atomic E-state index is 0.0230. The highest BCUT2D eigenvalue weighted by molar-refractivity contribution is 5.97. The second-order valence-corrected chi connectivity index (χ2v) is 8.60. The number of ether oxygens (including phenoxy) is 2. The fourth-order valence-electron chi connectivity index (χ4n) is 4.60. The van der Waals surface area contributed by atoms with Gasteiger partial charge in [-0.25, -0.2) is 9.50 Å². The van der Waals surface area contributed by atoms with Crippen molar-refractivity contribution in [2.24, 2.45) is 0 Å². The molecule has 0 N–H and O–H groups in total. The molecule has 5 rings (SSSR count). The normalized spacial score (nSPS) is 17.6. The summed E-state index contributed by atoms with van der Waals surface area (Å²) in [5, 5.41) is 4.60. The third-order valence-electron chi connectivity index (χ3n) is 6.45. The van der Waals surface area contributed by atoms with Gasteiger partial charge in [0, 0.05) is 49.1 Å². The molecule has 9 nitrogen and oxygen atoms in total. The molecule has 1 atom stereocenters. The van der Waals surface area contributed by atoms with E-state index in [1.165, 1.54) is 0 Å². The lowest BCUT2D eigenvalue weighted by Gasteiger charge is -2.39. The fourth-order valence-corrected chi connectivity index (χ4v) is 4.60. The molecule has 0 bridgehead atoms. The Bertz CT molecular complexity index is 1360. The molecule has 0 radical (unpaired) electrons. The zero-order valence-corrected chi connectivity index (χ0v) is 20.0. The molecule has 2 amide bonds. The van der Waals surface area contributed by atoms with E-state index in [1.54, 1.807) is 35.9 Å². The predicted octanol–water partition coefficient (Wildman–Crippen LogP) is 2.97. The van der Waals surface area contributed by atoms with Crippen LogP contribution >= 0.6 is 0 Å². The van der Waals surface area contributed by atoms with Crippen LogP contribution in [0.1, 0.15) is 23.8 Å². The van der Waals surface area contributed by atoms with Crippen molar-refractivity contribution in [1.29, 1.82) is 0 Å².